The van der Waals surface area contributed by atoms with Crippen LogP contribution in [0, 0.1) is 39.3 Å². The molecule has 1 aromatic rings. The summed E-state index contributed by atoms with van der Waals surface area (Å²) < 4.78 is 20.3. The summed E-state index contributed by atoms with van der Waals surface area (Å²) in [5, 5.41) is 43.8. The number of aliphatic hydroxyl groups excluding tert-OH is 3. The Morgan fingerprint density at radius 2 is 1.85 bits per heavy atom. The van der Waals surface area contributed by atoms with E-state index in [4.69, 9.17) is 16.3 Å². The molecule has 4 N–H and O–H groups in total. The van der Waals surface area contributed by atoms with Crippen molar-refractivity contribution in [2.24, 2.45) is 33.5 Å². The number of benzene rings is 1. The molecule has 6 aliphatic carbocycles. The number of carbonyl (C=O) groups is 1. The predicted octanol–water partition coefficient (Wildman–Crippen LogP) is 4.87. The summed E-state index contributed by atoms with van der Waals surface area (Å²) in [5.41, 5.74) is -2.02. The number of halogens is 2. The molecule has 3 saturated carbocycles. The highest BCUT2D eigenvalue weighted by Gasteiger charge is 2.74. The first kappa shape index (κ1) is 34.2. The number of hydrogen-bond donors (Lipinski definition) is 4. The zero-order valence-corrected chi connectivity index (χ0v) is 28.2. The predicted molar refractivity (Wildman–Crippen MR) is 175 cm³/mol. The zero-order chi connectivity index (χ0) is 33.1. The fourth-order valence-electron chi connectivity index (χ4n) is 11.0. The van der Waals surface area contributed by atoms with Crippen molar-refractivity contribution in [3.8, 4) is 0 Å². The fourth-order valence-corrected chi connectivity index (χ4v) is 11.2. The fraction of sp³-hybridized carbons (Fsp3) is 0.703. The average molecular weight is 660 g/mol. The summed E-state index contributed by atoms with van der Waals surface area (Å²) in [6.45, 7) is 5.91. The quantitative estimate of drug-likeness (QED) is 0.187. The van der Waals surface area contributed by atoms with Crippen molar-refractivity contribution in [2.45, 2.75) is 89.4 Å². The first-order chi connectivity index (χ1) is 21.8. The van der Waals surface area contributed by atoms with Gasteiger partial charge in [-0.15, -0.1) is 0 Å². The standard InChI is InChI=1S/C37H51ClFNO6/c1-33-11-8-24(42)19-35(33)14-15-37(27(20-35)30(44)18-26-28(38)6-4-7-29(26)39)31(33)9-12-34(2)32(37)10-13-36(34,45)23-40(16-5-17-46-3)21-25(43)22-41/h4,6-7,14-15,20,24-25,31-32,41-43,45H,5,8-13,16-19,21-23H2,1-3H3. The van der Waals surface area contributed by atoms with Crippen molar-refractivity contribution in [3.05, 3.63) is 58.4 Å². The van der Waals surface area contributed by atoms with E-state index in [2.05, 4.69) is 32.1 Å². The van der Waals surface area contributed by atoms with Gasteiger partial charge in [0.2, 0.25) is 0 Å². The lowest BCUT2D eigenvalue weighted by Gasteiger charge is -2.71. The number of hydrogen-bond acceptors (Lipinski definition) is 7. The lowest BCUT2D eigenvalue weighted by molar-refractivity contribution is -0.179. The third kappa shape index (κ3) is 5.08. The molecule has 9 unspecified atom stereocenters. The molecule has 1 aromatic carbocycles. The molecule has 7 rings (SSSR count). The van der Waals surface area contributed by atoms with E-state index in [1.807, 2.05) is 4.90 Å². The van der Waals surface area contributed by atoms with Crippen molar-refractivity contribution >= 4 is 17.4 Å². The highest BCUT2D eigenvalue weighted by molar-refractivity contribution is 6.31. The Morgan fingerprint density at radius 3 is 2.57 bits per heavy atom. The summed E-state index contributed by atoms with van der Waals surface area (Å²) in [6, 6.07) is 4.50. The number of methoxy groups -OCH3 is 1. The van der Waals surface area contributed by atoms with E-state index in [9.17, 15) is 25.2 Å². The van der Waals surface area contributed by atoms with Crippen molar-refractivity contribution in [3.63, 3.8) is 0 Å². The molecule has 6 aliphatic rings. The van der Waals surface area contributed by atoms with Crippen LogP contribution >= 0.6 is 11.6 Å². The SMILES string of the molecule is COCCCN(CC(O)CO)CC1(O)CCC2C34C=CC5(C=C3C(=O)Cc3c(F)cccc3Cl)CC(O)CCC5(C)C4CCC21C. The van der Waals surface area contributed by atoms with Gasteiger partial charge in [0.05, 0.1) is 24.4 Å². The van der Waals surface area contributed by atoms with Crippen LogP contribution in [0.4, 0.5) is 4.39 Å². The van der Waals surface area contributed by atoms with E-state index in [-0.39, 0.29) is 53.2 Å². The Labute approximate surface area is 277 Å². The normalized spacial score (nSPS) is 40.0. The number of allylic oxidation sites excluding steroid dienone is 4. The van der Waals surface area contributed by atoms with E-state index in [0.29, 0.717) is 38.1 Å². The van der Waals surface area contributed by atoms with Crippen LogP contribution in [0.15, 0.2) is 42.0 Å². The van der Waals surface area contributed by atoms with Gasteiger partial charge in [-0.3, -0.25) is 9.69 Å². The van der Waals surface area contributed by atoms with Crippen LogP contribution in [-0.2, 0) is 16.0 Å². The summed E-state index contributed by atoms with van der Waals surface area (Å²) in [7, 11) is 1.65. The van der Waals surface area contributed by atoms with E-state index in [1.165, 1.54) is 6.07 Å². The van der Waals surface area contributed by atoms with Crippen molar-refractivity contribution < 1.29 is 34.3 Å². The molecule has 9 atom stereocenters. The second-order valence-electron chi connectivity index (χ2n) is 15.5. The van der Waals surface area contributed by atoms with E-state index < -0.39 is 39.9 Å². The molecule has 46 heavy (non-hydrogen) atoms. The lowest BCUT2D eigenvalue weighted by atomic mass is 9.32. The summed E-state index contributed by atoms with van der Waals surface area (Å²) in [5.74, 6) is -0.552. The third-order valence-corrected chi connectivity index (χ3v) is 13.8. The minimum Gasteiger partial charge on any atom is -0.394 e. The minimum atomic E-state index is -1.09. The lowest BCUT2D eigenvalue weighted by Crippen LogP contribution is -2.67. The van der Waals surface area contributed by atoms with Crippen molar-refractivity contribution in [2.75, 3.05) is 40.0 Å². The Kier molecular flexibility index (Phi) is 9.19. The third-order valence-electron chi connectivity index (χ3n) is 13.4. The van der Waals surface area contributed by atoms with Crippen molar-refractivity contribution in [1.82, 2.24) is 4.90 Å². The van der Waals surface area contributed by atoms with Gasteiger partial charge in [0.25, 0.3) is 0 Å². The van der Waals surface area contributed by atoms with Gasteiger partial charge in [0.15, 0.2) is 5.78 Å². The number of Topliss-reactive ketones (excluding diaryl/α,β-unsaturated/α-hetero) is 1. The van der Waals surface area contributed by atoms with Gasteiger partial charge >= 0.3 is 0 Å². The smallest absolute Gasteiger partial charge is 0.164 e. The molecule has 0 aliphatic heterocycles. The number of ether oxygens (including phenoxy) is 1. The number of fused-ring (bicyclic) bond motifs is 1. The summed E-state index contributed by atoms with van der Waals surface area (Å²) in [4.78, 5) is 16.6. The summed E-state index contributed by atoms with van der Waals surface area (Å²) >= 11 is 6.43. The number of nitrogens with zero attached hydrogens (tertiary/aromatic N) is 1. The Balaban J connectivity index is 1.41. The molecule has 0 radical (unpaired) electrons. The molecule has 2 spiro atoms. The highest BCUT2D eigenvalue weighted by Crippen LogP contribution is 2.78. The van der Waals surface area contributed by atoms with Crippen LogP contribution in [0.2, 0.25) is 5.02 Å². The number of ketones is 1. The molecular formula is C37H51ClFNO6. The van der Waals surface area contributed by atoms with Gasteiger partial charge in [0.1, 0.15) is 5.82 Å². The van der Waals surface area contributed by atoms with Gasteiger partial charge in [-0.25, -0.2) is 4.39 Å². The molecule has 3 fully saturated rings. The number of aliphatic hydroxyl groups is 4. The minimum absolute atomic E-state index is 0.0446. The maximum absolute atomic E-state index is 15.0. The molecule has 0 amide bonds. The van der Waals surface area contributed by atoms with Crippen molar-refractivity contribution in [1.29, 1.82) is 0 Å². The molecular weight excluding hydrogens is 609 g/mol. The first-order valence-electron chi connectivity index (χ1n) is 17.1. The first-order valence-corrected chi connectivity index (χ1v) is 17.5. The van der Waals surface area contributed by atoms with Gasteiger partial charge < -0.3 is 25.2 Å². The van der Waals surface area contributed by atoms with Crippen LogP contribution in [0.1, 0.15) is 70.8 Å². The molecule has 0 heterocycles. The highest BCUT2D eigenvalue weighted by atomic mass is 35.5. The van der Waals surface area contributed by atoms with Gasteiger partial charge in [-0.05, 0) is 80.8 Å². The maximum atomic E-state index is 15.0. The van der Waals surface area contributed by atoms with E-state index in [1.54, 1.807) is 19.2 Å². The topological polar surface area (TPSA) is 110 Å². The second-order valence-corrected chi connectivity index (χ2v) is 15.9. The molecule has 0 saturated heterocycles. The molecule has 7 nitrogen and oxygen atoms in total. The van der Waals surface area contributed by atoms with Gasteiger partial charge in [-0.1, -0.05) is 49.7 Å². The largest absolute Gasteiger partial charge is 0.394 e. The van der Waals surface area contributed by atoms with Gasteiger partial charge in [-0.2, -0.15) is 0 Å². The molecule has 254 valence electrons. The van der Waals surface area contributed by atoms with Crippen LogP contribution in [0.3, 0.4) is 0 Å². The van der Waals surface area contributed by atoms with Gasteiger partial charge in [0, 0.05) is 72.2 Å². The number of rotatable bonds is 12. The molecule has 9 heteroatoms. The Bertz CT molecular complexity index is 1380. The molecule has 0 aromatic heterocycles. The Morgan fingerprint density at radius 1 is 1.13 bits per heavy atom. The van der Waals surface area contributed by atoms with Crippen LogP contribution < -0.4 is 0 Å². The second kappa shape index (κ2) is 12.3. The van der Waals surface area contributed by atoms with E-state index in [0.717, 1.165) is 38.5 Å². The average Bonchev–Trinajstić information content (AvgIpc) is 3.28. The monoisotopic (exact) mass is 659 g/mol. The molecule has 2 bridgehead atoms. The Hall–Kier alpha value is -1.65. The van der Waals surface area contributed by atoms with E-state index >= 15 is 4.39 Å². The van der Waals surface area contributed by atoms with Crippen LogP contribution in [0.25, 0.3) is 0 Å². The summed E-state index contributed by atoms with van der Waals surface area (Å²) in [6.07, 6.45) is 10.9. The zero-order valence-electron chi connectivity index (χ0n) is 27.5. The maximum Gasteiger partial charge on any atom is 0.164 e. The van der Waals surface area contributed by atoms with Crippen LogP contribution in [-0.4, -0.2) is 88.9 Å². The van der Waals surface area contributed by atoms with Crippen LogP contribution in [0.5, 0.6) is 0 Å². The number of carbonyl (C=O) groups excluding carboxylic acids is 1.